The summed E-state index contributed by atoms with van der Waals surface area (Å²) in [7, 11) is 1.52. The number of hydrogen-bond acceptors (Lipinski definition) is 5. The first-order chi connectivity index (χ1) is 9.28. The number of amides is 1. The van der Waals surface area contributed by atoms with E-state index in [0.717, 1.165) is 25.7 Å². The lowest BCUT2D eigenvalue weighted by Crippen LogP contribution is -2.41. The summed E-state index contributed by atoms with van der Waals surface area (Å²) in [6.07, 6.45) is 8.67. The summed E-state index contributed by atoms with van der Waals surface area (Å²) in [4.78, 5) is 19.5. The van der Waals surface area contributed by atoms with Crippen molar-refractivity contribution in [3.8, 4) is 5.88 Å². The maximum Gasteiger partial charge on any atom is 0.246 e. The van der Waals surface area contributed by atoms with Crippen LogP contribution in [0.2, 0.25) is 0 Å². The van der Waals surface area contributed by atoms with Gasteiger partial charge in [-0.2, -0.15) is 0 Å². The van der Waals surface area contributed by atoms with E-state index in [1.807, 2.05) is 0 Å². The van der Waals surface area contributed by atoms with E-state index < -0.39 is 0 Å². The molecule has 6 nitrogen and oxygen atoms in total. The van der Waals surface area contributed by atoms with Crippen LogP contribution in [0.15, 0.2) is 18.6 Å². The molecule has 1 fully saturated rings. The van der Waals surface area contributed by atoms with Crippen LogP contribution in [0.4, 0.5) is 0 Å². The maximum atomic E-state index is 11.4. The van der Waals surface area contributed by atoms with Crippen molar-refractivity contribution < 1.29 is 14.3 Å². The molecule has 1 aromatic rings. The highest BCUT2D eigenvalue weighted by atomic mass is 16.5. The molecule has 1 amide bonds. The van der Waals surface area contributed by atoms with Crippen LogP contribution in [0.1, 0.15) is 25.7 Å². The first kappa shape index (κ1) is 13.7. The Balaban J connectivity index is 1.72. The van der Waals surface area contributed by atoms with Crippen molar-refractivity contribution in [1.29, 1.82) is 0 Å². The van der Waals surface area contributed by atoms with Gasteiger partial charge in [0.2, 0.25) is 11.8 Å². The molecule has 1 aromatic heterocycles. The summed E-state index contributed by atoms with van der Waals surface area (Å²) < 4.78 is 10.5. The Bertz CT molecular complexity index is 391. The molecule has 0 atom stereocenters. The van der Waals surface area contributed by atoms with Crippen molar-refractivity contribution in [3.63, 3.8) is 0 Å². The Morgan fingerprint density at radius 1 is 1.37 bits per heavy atom. The van der Waals surface area contributed by atoms with E-state index in [1.54, 1.807) is 18.6 Å². The molecule has 0 unspecified atom stereocenters. The number of nitrogens with one attached hydrogen (secondary N) is 1. The van der Waals surface area contributed by atoms with E-state index in [2.05, 4.69) is 15.3 Å². The van der Waals surface area contributed by atoms with Crippen LogP contribution in [-0.2, 0) is 9.53 Å². The van der Waals surface area contributed by atoms with E-state index in [1.165, 1.54) is 7.11 Å². The Hall–Kier alpha value is -1.69. The molecule has 19 heavy (non-hydrogen) atoms. The minimum Gasteiger partial charge on any atom is -0.473 e. The zero-order chi connectivity index (χ0) is 13.5. The van der Waals surface area contributed by atoms with Crippen LogP contribution in [0.3, 0.4) is 0 Å². The number of ether oxygens (including phenoxy) is 2. The van der Waals surface area contributed by atoms with Crippen LogP contribution in [0, 0.1) is 0 Å². The molecule has 104 valence electrons. The van der Waals surface area contributed by atoms with Gasteiger partial charge in [-0.25, -0.2) is 4.98 Å². The predicted octanol–water partition coefficient (Wildman–Crippen LogP) is 0.929. The van der Waals surface area contributed by atoms with Gasteiger partial charge in [0.1, 0.15) is 12.7 Å². The third-order valence-corrected chi connectivity index (χ3v) is 3.14. The fraction of sp³-hybridized carbons (Fsp3) is 0.615. The fourth-order valence-corrected chi connectivity index (χ4v) is 2.24. The highest BCUT2D eigenvalue weighted by molar-refractivity contribution is 5.77. The molecule has 1 aliphatic carbocycles. The molecule has 0 saturated heterocycles. The second-order valence-electron chi connectivity index (χ2n) is 4.64. The van der Waals surface area contributed by atoms with Crippen molar-refractivity contribution in [2.24, 2.45) is 0 Å². The number of methoxy groups -OCH3 is 1. The zero-order valence-electron chi connectivity index (χ0n) is 11.0. The summed E-state index contributed by atoms with van der Waals surface area (Å²) in [5, 5.41) is 2.96. The number of hydrogen-bond donors (Lipinski definition) is 1. The van der Waals surface area contributed by atoms with Gasteiger partial charge in [-0.3, -0.25) is 9.78 Å². The Kier molecular flexibility index (Phi) is 5.09. The molecule has 6 heteroatoms. The molecule has 0 aliphatic heterocycles. The van der Waals surface area contributed by atoms with Gasteiger partial charge in [0.25, 0.3) is 0 Å². The molecule has 0 spiro atoms. The van der Waals surface area contributed by atoms with Gasteiger partial charge in [0.05, 0.1) is 6.20 Å². The minimum absolute atomic E-state index is 0.0548. The van der Waals surface area contributed by atoms with Crippen LogP contribution in [0.25, 0.3) is 0 Å². The monoisotopic (exact) mass is 265 g/mol. The highest BCUT2D eigenvalue weighted by Crippen LogP contribution is 2.22. The third-order valence-electron chi connectivity index (χ3n) is 3.14. The van der Waals surface area contributed by atoms with Crippen LogP contribution in [-0.4, -0.2) is 41.7 Å². The molecule has 1 N–H and O–H groups in total. The minimum atomic E-state index is -0.0548. The smallest absolute Gasteiger partial charge is 0.246 e. The number of carbonyl (C=O) groups is 1. The van der Waals surface area contributed by atoms with E-state index in [-0.39, 0.29) is 24.7 Å². The molecular weight excluding hydrogens is 246 g/mol. The van der Waals surface area contributed by atoms with Gasteiger partial charge in [-0.15, -0.1) is 0 Å². The van der Waals surface area contributed by atoms with E-state index in [0.29, 0.717) is 5.88 Å². The summed E-state index contributed by atoms with van der Waals surface area (Å²) in [6, 6.07) is 0.226. The quantitative estimate of drug-likeness (QED) is 0.857. The average molecular weight is 265 g/mol. The van der Waals surface area contributed by atoms with Crippen LogP contribution in [0.5, 0.6) is 5.88 Å². The lowest BCUT2D eigenvalue weighted by molar-refractivity contribution is -0.125. The van der Waals surface area contributed by atoms with Gasteiger partial charge in [0.15, 0.2) is 0 Å². The van der Waals surface area contributed by atoms with E-state index in [9.17, 15) is 4.79 Å². The topological polar surface area (TPSA) is 73.3 Å². The number of nitrogens with zero attached hydrogens (tertiary/aromatic N) is 2. The zero-order valence-corrected chi connectivity index (χ0v) is 11.0. The molecule has 1 heterocycles. The summed E-state index contributed by atoms with van der Waals surface area (Å²) in [5.41, 5.74) is 0. The predicted molar refractivity (Wildman–Crippen MR) is 68.7 cm³/mol. The van der Waals surface area contributed by atoms with Gasteiger partial charge >= 0.3 is 0 Å². The largest absolute Gasteiger partial charge is 0.473 e. The van der Waals surface area contributed by atoms with Crippen molar-refractivity contribution in [2.75, 3.05) is 13.7 Å². The lowest BCUT2D eigenvalue weighted by atomic mass is 9.93. The molecule has 2 rings (SSSR count). The highest BCUT2D eigenvalue weighted by Gasteiger charge is 2.23. The van der Waals surface area contributed by atoms with Crippen LogP contribution < -0.4 is 10.1 Å². The second kappa shape index (κ2) is 7.04. The summed E-state index contributed by atoms with van der Waals surface area (Å²) in [6.45, 7) is 0.121. The molecule has 0 radical (unpaired) electrons. The molecule has 0 aromatic carbocycles. The van der Waals surface area contributed by atoms with Gasteiger partial charge < -0.3 is 14.8 Å². The SMILES string of the molecule is COCC(=O)NC1CCC(Oc2cnccn2)CC1. The van der Waals surface area contributed by atoms with Gasteiger partial charge in [0, 0.05) is 25.5 Å². The lowest BCUT2D eigenvalue weighted by Gasteiger charge is -2.29. The third kappa shape index (κ3) is 4.48. The average Bonchev–Trinajstić information content (AvgIpc) is 2.42. The summed E-state index contributed by atoms with van der Waals surface area (Å²) >= 11 is 0. The normalized spacial score (nSPS) is 22.8. The summed E-state index contributed by atoms with van der Waals surface area (Å²) in [5.74, 6) is 0.509. The van der Waals surface area contributed by atoms with Crippen molar-refractivity contribution in [1.82, 2.24) is 15.3 Å². The number of aromatic nitrogens is 2. The molecule has 1 aliphatic rings. The molecule has 1 saturated carbocycles. The number of carbonyl (C=O) groups excluding carboxylic acids is 1. The molecule has 0 bridgehead atoms. The number of rotatable bonds is 5. The first-order valence-corrected chi connectivity index (χ1v) is 6.49. The van der Waals surface area contributed by atoms with Crippen molar-refractivity contribution >= 4 is 5.91 Å². The Morgan fingerprint density at radius 3 is 2.79 bits per heavy atom. The second-order valence-corrected chi connectivity index (χ2v) is 4.64. The first-order valence-electron chi connectivity index (χ1n) is 6.49. The maximum absolute atomic E-state index is 11.4. The van der Waals surface area contributed by atoms with Gasteiger partial charge in [-0.1, -0.05) is 0 Å². The van der Waals surface area contributed by atoms with Crippen molar-refractivity contribution in [3.05, 3.63) is 18.6 Å². The molecular formula is C13H19N3O3. The van der Waals surface area contributed by atoms with E-state index >= 15 is 0 Å². The van der Waals surface area contributed by atoms with Gasteiger partial charge in [-0.05, 0) is 25.7 Å². The standard InChI is InChI=1S/C13H19N3O3/c1-18-9-12(17)16-10-2-4-11(5-3-10)19-13-8-14-6-7-15-13/h6-8,10-11H,2-5,9H2,1H3,(H,16,17). The Labute approximate surface area is 112 Å². The Morgan fingerprint density at radius 2 is 2.16 bits per heavy atom. The van der Waals surface area contributed by atoms with Crippen LogP contribution >= 0.6 is 0 Å². The fourth-order valence-electron chi connectivity index (χ4n) is 2.24. The van der Waals surface area contributed by atoms with E-state index in [4.69, 9.17) is 9.47 Å². The van der Waals surface area contributed by atoms with Crippen molar-refractivity contribution in [2.45, 2.75) is 37.8 Å².